The van der Waals surface area contributed by atoms with Gasteiger partial charge < -0.3 is 10.6 Å². The Hall–Kier alpha value is -1.95. The third kappa shape index (κ3) is 4.54. The van der Waals surface area contributed by atoms with E-state index in [-0.39, 0.29) is 11.4 Å². The van der Waals surface area contributed by atoms with Gasteiger partial charge in [-0.1, -0.05) is 12.8 Å². The zero-order valence-corrected chi connectivity index (χ0v) is 15.1. The normalized spacial score (nSPS) is 16.1. The molecule has 0 unspecified atom stereocenters. The quantitative estimate of drug-likeness (QED) is 0.842. The molecule has 0 aromatic carbocycles. The molecule has 5 nitrogen and oxygen atoms in total. The van der Waals surface area contributed by atoms with E-state index >= 15 is 0 Å². The molecular formula is C18H24N4OS. The summed E-state index contributed by atoms with van der Waals surface area (Å²) in [4.78, 5) is 20.8. The standard InChI is InChI=1S/C18H24N4OS/c1-13-9-14(5-8-19-13)11-20-16(23)10-15-12-24-17(21-15)22-18(2)6-3-4-7-18/h5,8-9,12H,3-4,6-7,10-11H2,1-2H3,(H,20,23)(H,21,22). The Morgan fingerprint density at radius 3 is 2.92 bits per heavy atom. The lowest BCUT2D eigenvalue weighted by molar-refractivity contribution is -0.120. The van der Waals surface area contributed by atoms with Crippen molar-refractivity contribution in [1.29, 1.82) is 0 Å². The predicted molar refractivity (Wildman–Crippen MR) is 97.1 cm³/mol. The summed E-state index contributed by atoms with van der Waals surface area (Å²) in [5.41, 5.74) is 3.01. The highest BCUT2D eigenvalue weighted by molar-refractivity contribution is 7.13. The molecule has 0 radical (unpaired) electrons. The van der Waals surface area contributed by atoms with E-state index in [1.807, 2.05) is 24.4 Å². The van der Waals surface area contributed by atoms with E-state index in [1.54, 1.807) is 17.5 Å². The van der Waals surface area contributed by atoms with Crippen LogP contribution >= 0.6 is 11.3 Å². The molecule has 0 saturated heterocycles. The summed E-state index contributed by atoms with van der Waals surface area (Å²) in [5, 5.41) is 9.38. The Labute approximate surface area is 146 Å². The third-order valence-electron chi connectivity index (χ3n) is 4.46. The van der Waals surface area contributed by atoms with Crippen molar-refractivity contribution in [3.63, 3.8) is 0 Å². The minimum Gasteiger partial charge on any atom is -0.356 e. The zero-order chi connectivity index (χ0) is 17.0. The zero-order valence-electron chi connectivity index (χ0n) is 14.3. The fraction of sp³-hybridized carbons (Fsp3) is 0.500. The Balaban J connectivity index is 1.50. The van der Waals surface area contributed by atoms with Crippen LogP contribution in [0.5, 0.6) is 0 Å². The number of hydrogen-bond acceptors (Lipinski definition) is 5. The molecule has 2 N–H and O–H groups in total. The minimum absolute atomic E-state index is 0.00612. The maximum Gasteiger partial charge on any atom is 0.226 e. The molecule has 2 aromatic heterocycles. The SMILES string of the molecule is Cc1cc(CNC(=O)Cc2csc(NC3(C)CCCC3)n2)ccn1. The number of carbonyl (C=O) groups is 1. The van der Waals surface area contributed by atoms with Crippen molar-refractivity contribution in [2.75, 3.05) is 5.32 Å². The number of amides is 1. The molecule has 24 heavy (non-hydrogen) atoms. The van der Waals surface area contributed by atoms with Crippen molar-refractivity contribution in [2.45, 2.75) is 58.0 Å². The summed E-state index contributed by atoms with van der Waals surface area (Å²) in [6.07, 6.45) is 7.01. The third-order valence-corrected chi connectivity index (χ3v) is 5.27. The Kier molecular flexibility index (Phi) is 5.14. The maximum atomic E-state index is 12.1. The number of nitrogens with zero attached hydrogens (tertiary/aromatic N) is 2. The second-order valence-corrected chi connectivity index (χ2v) is 7.65. The van der Waals surface area contributed by atoms with Crippen LogP contribution in [0.15, 0.2) is 23.7 Å². The summed E-state index contributed by atoms with van der Waals surface area (Å²) >= 11 is 1.58. The minimum atomic E-state index is -0.00612. The second-order valence-electron chi connectivity index (χ2n) is 6.80. The van der Waals surface area contributed by atoms with Crippen LogP contribution in [0, 0.1) is 6.92 Å². The molecule has 6 heteroatoms. The molecule has 1 fully saturated rings. The van der Waals surface area contributed by atoms with Gasteiger partial charge in [-0.15, -0.1) is 11.3 Å². The average molecular weight is 344 g/mol. The Morgan fingerprint density at radius 1 is 1.38 bits per heavy atom. The first-order valence-corrected chi connectivity index (χ1v) is 9.31. The molecule has 1 aliphatic carbocycles. The molecule has 128 valence electrons. The van der Waals surface area contributed by atoms with E-state index in [9.17, 15) is 4.79 Å². The lowest BCUT2D eigenvalue weighted by Gasteiger charge is -2.24. The molecule has 0 bridgehead atoms. The summed E-state index contributed by atoms with van der Waals surface area (Å²) in [6.45, 7) is 4.72. The molecule has 2 aromatic rings. The van der Waals surface area contributed by atoms with Gasteiger partial charge in [-0.05, 0) is 44.4 Å². The van der Waals surface area contributed by atoms with E-state index < -0.39 is 0 Å². The first-order valence-electron chi connectivity index (χ1n) is 8.43. The highest BCUT2D eigenvalue weighted by Gasteiger charge is 2.29. The Bertz CT molecular complexity index is 707. The van der Waals surface area contributed by atoms with Gasteiger partial charge in [0.05, 0.1) is 12.1 Å². The van der Waals surface area contributed by atoms with Crippen molar-refractivity contribution in [3.05, 3.63) is 40.7 Å². The molecule has 0 aliphatic heterocycles. The number of nitrogens with one attached hydrogen (secondary N) is 2. The smallest absolute Gasteiger partial charge is 0.226 e. The summed E-state index contributed by atoms with van der Waals surface area (Å²) < 4.78 is 0. The van der Waals surface area contributed by atoms with Crippen LogP contribution < -0.4 is 10.6 Å². The van der Waals surface area contributed by atoms with Gasteiger partial charge in [0.15, 0.2) is 5.13 Å². The van der Waals surface area contributed by atoms with Crippen molar-refractivity contribution >= 4 is 22.4 Å². The lowest BCUT2D eigenvalue weighted by Crippen LogP contribution is -2.30. The van der Waals surface area contributed by atoms with Gasteiger partial charge >= 0.3 is 0 Å². The average Bonchev–Trinajstić information content (AvgIpc) is 3.15. The molecule has 1 amide bonds. The fourth-order valence-electron chi connectivity index (χ4n) is 3.13. The predicted octanol–water partition coefficient (Wildman–Crippen LogP) is 3.45. The van der Waals surface area contributed by atoms with Crippen LogP contribution in [0.1, 0.15) is 49.6 Å². The number of carbonyl (C=O) groups excluding carboxylic acids is 1. The number of thiazole rings is 1. The summed E-state index contributed by atoms with van der Waals surface area (Å²) in [7, 11) is 0. The van der Waals surface area contributed by atoms with Crippen LogP contribution in [0.4, 0.5) is 5.13 Å². The van der Waals surface area contributed by atoms with Crippen LogP contribution in [0.2, 0.25) is 0 Å². The molecule has 2 heterocycles. The van der Waals surface area contributed by atoms with Gasteiger partial charge in [-0.3, -0.25) is 9.78 Å². The molecule has 0 spiro atoms. The molecule has 1 aliphatic rings. The van der Waals surface area contributed by atoms with Gasteiger partial charge in [-0.2, -0.15) is 0 Å². The molecular weight excluding hydrogens is 320 g/mol. The lowest BCUT2D eigenvalue weighted by atomic mass is 10.0. The van der Waals surface area contributed by atoms with E-state index in [0.717, 1.165) is 22.1 Å². The van der Waals surface area contributed by atoms with Crippen LogP contribution in [-0.4, -0.2) is 21.4 Å². The molecule has 0 atom stereocenters. The monoisotopic (exact) mass is 344 g/mol. The van der Waals surface area contributed by atoms with Gasteiger partial charge in [0.2, 0.25) is 5.91 Å². The number of aryl methyl sites for hydroxylation is 1. The largest absolute Gasteiger partial charge is 0.356 e. The number of pyridine rings is 1. The van der Waals surface area contributed by atoms with Crippen LogP contribution in [-0.2, 0) is 17.8 Å². The number of anilines is 1. The van der Waals surface area contributed by atoms with E-state index in [2.05, 4.69) is 27.5 Å². The van der Waals surface area contributed by atoms with Crippen molar-refractivity contribution in [2.24, 2.45) is 0 Å². The number of aromatic nitrogens is 2. The van der Waals surface area contributed by atoms with E-state index in [1.165, 1.54) is 25.7 Å². The second kappa shape index (κ2) is 7.30. The van der Waals surface area contributed by atoms with E-state index in [4.69, 9.17) is 0 Å². The van der Waals surface area contributed by atoms with Crippen molar-refractivity contribution in [3.8, 4) is 0 Å². The van der Waals surface area contributed by atoms with Crippen molar-refractivity contribution in [1.82, 2.24) is 15.3 Å². The van der Waals surface area contributed by atoms with E-state index in [0.29, 0.717) is 13.0 Å². The maximum absolute atomic E-state index is 12.1. The first kappa shape index (κ1) is 16.9. The summed E-state index contributed by atoms with van der Waals surface area (Å²) in [6, 6.07) is 3.90. The number of rotatable bonds is 6. The molecule has 3 rings (SSSR count). The summed E-state index contributed by atoms with van der Waals surface area (Å²) in [5.74, 6) is -0.00612. The first-order chi connectivity index (χ1) is 11.5. The van der Waals surface area contributed by atoms with Gasteiger partial charge in [0.1, 0.15) is 0 Å². The highest BCUT2D eigenvalue weighted by Crippen LogP contribution is 2.33. The van der Waals surface area contributed by atoms with Crippen LogP contribution in [0.25, 0.3) is 0 Å². The Morgan fingerprint density at radius 2 is 2.17 bits per heavy atom. The van der Waals surface area contributed by atoms with Crippen LogP contribution in [0.3, 0.4) is 0 Å². The topological polar surface area (TPSA) is 66.9 Å². The highest BCUT2D eigenvalue weighted by atomic mass is 32.1. The fourth-order valence-corrected chi connectivity index (χ4v) is 3.98. The van der Waals surface area contributed by atoms with Gasteiger partial charge in [-0.25, -0.2) is 4.98 Å². The van der Waals surface area contributed by atoms with Gasteiger partial charge in [0.25, 0.3) is 0 Å². The van der Waals surface area contributed by atoms with Crippen molar-refractivity contribution < 1.29 is 4.79 Å². The van der Waals surface area contributed by atoms with Gasteiger partial charge in [0, 0.05) is 29.4 Å². The number of hydrogen-bond donors (Lipinski definition) is 2. The molecule has 1 saturated carbocycles.